The Kier molecular flexibility index (Phi) is 2.74. The zero-order valence-corrected chi connectivity index (χ0v) is 7.91. The topological polar surface area (TPSA) is 38.1 Å². The van der Waals surface area contributed by atoms with Crippen molar-refractivity contribution in [3.8, 4) is 5.88 Å². The molecular weight excluding hydrogens is 152 g/mol. The van der Waals surface area contributed by atoms with Gasteiger partial charge >= 0.3 is 0 Å². The van der Waals surface area contributed by atoms with E-state index in [9.17, 15) is 0 Å². The fourth-order valence-corrected chi connectivity index (χ4v) is 1.14. The molecule has 68 valence electrons. The van der Waals surface area contributed by atoms with Gasteiger partial charge in [-0.05, 0) is 12.3 Å². The van der Waals surface area contributed by atoms with Gasteiger partial charge in [0.05, 0.1) is 6.20 Å². The number of hydrogen-bond acceptors (Lipinski definition) is 2. The molecule has 3 nitrogen and oxygen atoms in total. The van der Waals surface area contributed by atoms with Crippen molar-refractivity contribution in [1.29, 1.82) is 0 Å². The van der Waals surface area contributed by atoms with Crippen molar-refractivity contribution in [2.45, 2.75) is 26.7 Å². The highest BCUT2D eigenvalue weighted by Gasteiger charge is 2.04. The second-order valence-electron chi connectivity index (χ2n) is 3.56. The summed E-state index contributed by atoms with van der Waals surface area (Å²) in [6.45, 7) is 4.37. The molecule has 1 rings (SSSR count). The van der Waals surface area contributed by atoms with Gasteiger partial charge in [0, 0.05) is 13.5 Å². The number of aryl methyl sites for hydroxylation is 2. The number of nitrogens with zero attached hydrogens (tertiary/aromatic N) is 2. The number of aromatic hydroxyl groups is 1. The van der Waals surface area contributed by atoms with E-state index in [2.05, 4.69) is 18.8 Å². The molecule has 0 aromatic carbocycles. The molecule has 1 aromatic heterocycles. The number of hydrogen-bond donors (Lipinski definition) is 1. The molecule has 0 saturated heterocycles. The van der Waals surface area contributed by atoms with E-state index in [0.717, 1.165) is 18.7 Å². The van der Waals surface area contributed by atoms with Crippen LogP contribution in [0.2, 0.25) is 0 Å². The molecule has 0 atom stereocenters. The Morgan fingerprint density at radius 3 is 2.67 bits per heavy atom. The second-order valence-corrected chi connectivity index (χ2v) is 3.56. The van der Waals surface area contributed by atoms with Gasteiger partial charge in [0.15, 0.2) is 0 Å². The van der Waals surface area contributed by atoms with Crippen molar-refractivity contribution in [2.24, 2.45) is 13.0 Å². The maximum Gasteiger partial charge on any atom is 0.229 e. The highest BCUT2D eigenvalue weighted by atomic mass is 16.3. The Labute approximate surface area is 73.1 Å². The number of imidazole rings is 1. The van der Waals surface area contributed by atoms with Crippen LogP contribution >= 0.6 is 0 Å². The predicted octanol–water partition coefficient (Wildman–Crippen LogP) is 1.71. The van der Waals surface area contributed by atoms with Crippen LogP contribution in [-0.4, -0.2) is 14.7 Å². The first-order valence-corrected chi connectivity index (χ1v) is 4.31. The quantitative estimate of drug-likeness (QED) is 0.746. The lowest BCUT2D eigenvalue weighted by molar-refractivity contribution is 0.454. The zero-order valence-electron chi connectivity index (χ0n) is 7.91. The maximum atomic E-state index is 9.07. The van der Waals surface area contributed by atoms with E-state index < -0.39 is 0 Å². The van der Waals surface area contributed by atoms with Crippen LogP contribution in [0, 0.1) is 5.92 Å². The summed E-state index contributed by atoms with van der Waals surface area (Å²) in [5.74, 6) is 1.77. The maximum absolute atomic E-state index is 9.07. The smallest absolute Gasteiger partial charge is 0.229 e. The molecule has 0 aliphatic rings. The van der Waals surface area contributed by atoms with Gasteiger partial charge in [-0.3, -0.25) is 0 Å². The summed E-state index contributed by atoms with van der Waals surface area (Å²) in [6, 6.07) is 0. The van der Waals surface area contributed by atoms with Crippen molar-refractivity contribution < 1.29 is 5.11 Å². The van der Waals surface area contributed by atoms with Gasteiger partial charge in [-0.1, -0.05) is 13.8 Å². The molecule has 0 unspecified atom stereocenters. The first kappa shape index (κ1) is 9.10. The summed E-state index contributed by atoms with van der Waals surface area (Å²) in [4.78, 5) is 4.00. The van der Waals surface area contributed by atoms with Crippen LogP contribution in [0.3, 0.4) is 0 Å². The number of aromatic nitrogens is 2. The Hall–Kier alpha value is -0.990. The van der Waals surface area contributed by atoms with E-state index in [-0.39, 0.29) is 5.88 Å². The Morgan fingerprint density at radius 1 is 1.58 bits per heavy atom. The lowest BCUT2D eigenvalue weighted by atomic mass is 10.1. The van der Waals surface area contributed by atoms with E-state index >= 15 is 0 Å². The van der Waals surface area contributed by atoms with Crippen LogP contribution < -0.4 is 0 Å². The molecule has 0 bridgehead atoms. The summed E-state index contributed by atoms with van der Waals surface area (Å²) in [5, 5.41) is 9.07. The van der Waals surface area contributed by atoms with E-state index in [4.69, 9.17) is 5.11 Å². The fourth-order valence-electron chi connectivity index (χ4n) is 1.14. The minimum absolute atomic E-state index is 0.122. The van der Waals surface area contributed by atoms with Crippen molar-refractivity contribution >= 4 is 0 Å². The van der Waals surface area contributed by atoms with Crippen molar-refractivity contribution in [2.75, 3.05) is 0 Å². The molecule has 0 aliphatic heterocycles. The summed E-state index contributed by atoms with van der Waals surface area (Å²) < 4.78 is 1.87. The summed E-state index contributed by atoms with van der Waals surface area (Å²) in [7, 11) is 1.91. The molecule has 0 spiro atoms. The average molecular weight is 168 g/mol. The lowest BCUT2D eigenvalue weighted by Gasteiger charge is -2.03. The normalized spacial score (nSPS) is 11.0. The molecule has 0 saturated carbocycles. The Bertz CT molecular complexity index is 253. The SMILES string of the molecule is CC(C)CCc1nc(O)cn1C. The standard InChI is InChI=1S/C9H16N2O/c1-7(2)4-5-8-10-9(12)6-11(8)3/h6-7,12H,4-5H2,1-3H3. The monoisotopic (exact) mass is 168 g/mol. The highest BCUT2D eigenvalue weighted by Crippen LogP contribution is 2.11. The van der Waals surface area contributed by atoms with Crippen LogP contribution in [0.4, 0.5) is 0 Å². The molecule has 12 heavy (non-hydrogen) atoms. The van der Waals surface area contributed by atoms with Gasteiger partial charge in [0.2, 0.25) is 5.88 Å². The summed E-state index contributed by atoms with van der Waals surface area (Å²) >= 11 is 0. The lowest BCUT2D eigenvalue weighted by Crippen LogP contribution is -1.99. The van der Waals surface area contributed by atoms with Crippen LogP contribution in [0.5, 0.6) is 5.88 Å². The van der Waals surface area contributed by atoms with E-state index in [1.807, 2.05) is 11.6 Å². The summed E-state index contributed by atoms with van der Waals surface area (Å²) in [6.07, 6.45) is 3.69. The van der Waals surface area contributed by atoms with Crippen LogP contribution in [0.25, 0.3) is 0 Å². The van der Waals surface area contributed by atoms with Gasteiger partial charge in [-0.25, -0.2) is 0 Å². The second kappa shape index (κ2) is 3.61. The van der Waals surface area contributed by atoms with Crippen molar-refractivity contribution in [3.05, 3.63) is 12.0 Å². The zero-order chi connectivity index (χ0) is 9.14. The molecule has 1 heterocycles. The van der Waals surface area contributed by atoms with Crippen molar-refractivity contribution in [1.82, 2.24) is 9.55 Å². The Balaban J connectivity index is 2.57. The van der Waals surface area contributed by atoms with E-state index in [1.54, 1.807) is 6.20 Å². The molecule has 0 aliphatic carbocycles. The third-order valence-electron chi connectivity index (χ3n) is 1.91. The largest absolute Gasteiger partial charge is 0.492 e. The van der Waals surface area contributed by atoms with Gasteiger partial charge in [0.1, 0.15) is 5.82 Å². The Morgan fingerprint density at radius 2 is 2.25 bits per heavy atom. The van der Waals surface area contributed by atoms with Crippen molar-refractivity contribution in [3.63, 3.8) is 0 Å². The van der Waals surface area contributed by atoms with Crippen LogP contribution in [-0.2, 0) is 13.5 Å². The average Bonchev–Trinajstić information content (AvgIpc) is 2.26. The molecule has 3 heteroatoms. The highest BCUT2D eigenvalue weighted by molar-refractivity contribution is 5.07. The molecule has 0 fully saturated rings. The van der Waals surface area contributed by atoms with Gasteiger partial charge in [0.25, 0.3) is 0 Å². The predicted molar refractivity (Wildman–Crippen MR) is 48.0 cm³/mol. The fraction of sp³-hybridized carbons (Fsp3) is 0.667. The molecule has 0 amide bonds. The number of rotatable bonds is 3. The van der Waals surface area contributed by atoms with Gasteiger partial charge in [-0.15, -0.1) is 0 Å². The van der Waals surface area contributed by atoms with Crippen LogP contribution in [0.1, 0.15) is 26.1 Å². The third kappa shape index (κ3) is 2.26. The first-order valence-electron chi connectivity index (χ1n) is 4.31. The van der Waals surface area contributed by atoms with Gasteiger partial charge < -0.3 is 9.67 Å². The minimum Gasteiger partial charge on any atom is -0.492 e. The molecule has 1 N–H and O–H groups in total. The first-order chi connectivity index (χ1) is 5.59. The van der Waals surface area contributed by atoms with Gasteiger partial charge in [-0.2, -0.15) is 4.98 Å². The van der Waals surface area contributed by atoms with E-state index in [1.165, 1.54) is 0 Å². The third-order valence-corrected chi connectivity index (χ3v) is 1.91. The van der Waals surface area contributed by atoms with E-state index in [0.29, 0.717) is 5.92 Å². The van der Waals surface area contributed by atoms with Crippen LogP contribution in [0.15, 0.2) is 6.20 Å². The molecular formula is C9H16N2O. The summed E-state index contributed by atoms with van der Waals surface area (Å²) in [5.41, 5.74) is 0. The molecule has 0 radical (unpaired) electrons. The molecule has 1 aromatic rings. The minimum atomic E-state index is 0.122.